The van der Waals surface area contributed by atoms with E-state index in [1.807, 2.05) is 6.07 Å². The molecule has 0 radical (unpaired) electrons. The molecule has 0 heterocycles. The van der Waals surface area contributed by atoms with Crippen molar-refractivity contribution < 1.29 is 8.78 Å². The van der Waals surface area contributed by atoms with Crippen LogP contribution in [0.1, 0.15) is 25.7 Å². The maximum atomic E-state index is 12.9. The van der Waals surface area contributed by atoms with Gasteiger partial charge in [0.15, 0.2) is 0 Å². The smallest absolute Gasteiger partial charge is 0.104 e. The van der Waals surface area contributed by atoms with Crippen molar-refractivity contribution in [1.29, 1.82) is 5.26 Å². The first-order valence-corrected chi connectivity index (χ1v) is 3.89. The summed E-state index contributed by atoms with van der Waals surface area (Å²) in [5, 5.41) is 8.28. The summed E-state index contributed by atoms with van der Waals surface area (Å²) in [6.45, 7) is 0. The van der Waals surface area contributed by atoms with E-state index >= 15 is 0 Å². The van der Waals surface area contributed by atoms with E-state index in [1.165, 1.54) is 0 Å². The molecule has 11 heavy (non-hydrogen) atoms. The molecular weight excluding hydrogens is 148 g/mol. The Morgan fingerprint density at radius 2 is 2.09 bits per heavy atom. The molecule has 0 N–H and O–H groups in total. The van der Waals surface area contributed by atoms with Crippen LogP contribution < -0.4 is 0 Å². The molecule has 0 aliphatic heterocycles. The summed E-state index contributed by atoms with van der Waals surface area (Å²) in [6.07, 6.45) is -0.852. The van der Waals surface area contributed by atoms with Crippen molar-refractivity contribution in [2.24, 2.45) is 5.92 Å². The topological polar surface area (TPSA) is 23.8 Å². The largest absolute Gasteiger partial charge is 0.247 e. The minimum Gasteiger partial charge on any atom is -0.247 e. The van der Waals surface area contributed by atoms with Crippen LogP contribution in [-0.4, -0.2) is 12.3 Å². The van der Waals surface area contributed by atoms with Crippen molar-refractivity contribution in [3.05, 3.63) is 0 Å². The second kappa shape index (κ2) is 3.66. The summed E-state index contributed by atoms with van der Waals surface area (Å²) in [7, 11) is 0. The molecule has 3 unspecified atom stereocenters. The van der Waals surface area contributed by atoms with Crippen molar-refractivity contribution in [1.82, 2.24) is 0 Å². The Morgan fingerprint density at radius 1 is 1.36 bits per heavy atom. The Bertz CT molecular complexity index is 164. The van der Waals surface area contributed by atoms with Crippen LogP contribution >= 0.6 is 0 Å². The van der Waals surface area contributed by atoms with E-state index in [9.17, 15) is 8.78 Å². The fraction of sp³-hybridized carbons (Fsp3) is 0.875. The zero-order chi connectivity index (χ0) is 8.27. The van der Waals surface area contributed by atoms with Gasteiger partial charge in [0.25, 0.3) is 0 Å². The van der Waals surface area contributed by atoms with Crippen molar-refractivity contribution in [3.63, 3.8) is 0 Å². The molecule has 1 aliphatic carbocycles. The zero-order valence-corrected chi connectivity index (χ0v) is 6.26. The maximum absolute atomic E-state index is 12.9. The number of nitriles is 1. The molecule has 1 rings (SSSR count). The monoisotopic (exact) mass is 159 g/mol. The molecule has 0 aromatic heterocycles. The lowest BCUT2D eigenvalue weighted by Crippen LogP contribution is -2.26. The van der Waals surface area contributed by atoms with E-state index in [-0.39, 0.29) is 25.2 Å². The summed E-state index contributed by atoms with van der Waals surface area (Å²) >= 11 is 0. The number of nitrogens with zero attached hydrogens (tertiary/aromatic N) is 1. The minimum atomic E-state index is -0.957. The first-order chi connectivity index (χ1) is 5.24. The van der Waals surface area contributed by atoms with Gasteiger partial charge in [-0.2, -0.15) is 5.26 Å². The van der Waals surface area contributed by atoms with Crippen LogP contribution in [0.15, 0.2) is 0 Å². The Labute approximate surface area is 65.0 Å². The van der Waals surface area contributed by atoms with Crippen LogP contribution in [0.2, 0.25) is 0 Å². The lowest BCUT2D eigenvalue weighted by atomic mass is 9.85. The highest BCUT2D eigenvalue weighted by Gasteiger charge is 2.29. The van der Waals surface area contributed by atoms with Crippen LogP contribution in [0.5, 0.6) is 0 Å². The average Bonchev–Trinajstić information content (AvgIpc) is 1.98. The molecule has 1 fully saturated rings. The van der Waals surface area contributed by atoms with Gasteiger partial charge >= 0.3 is 0 Å². The van der Waals surface area contributed by atoms with Crippen LogP contribution in [0.25, 0.3) is 0 Å². The molecule has 3 heteroatoms. The second-order valence-electron chi connectivity index (χ2n) is 3.05. The van der Waals surface area contributed by atoms with Gasteiger partial charge in [0, 0.05) is 12.3 Å². The molecule has 1 aliphatic rings. The quantitative estimate of drug-likeness (QED) is 0.576. The molecule has 62 valence electrons. The lowest BCUT2D eigenvalue weighted by Gasteiger charge is -2.26. The van der Waals surface area contributed by atoms with Gasteiger partial charge in [0.2, 0.25) is 0 Å². The highest BCUT2D eigenvalue weighted by molar-refractivity contribution is 4.86. The summed E-state index contributed by atoms with van der Waals surface area (Å²) in [4.78, 5) is 0. The van der Waals surface area contributed by atoms with Crippen molar-refractivity contribution in [2.75, 3.05) is 0 Å². The molecule has 0 spiro atoms. The highest BCUT2D eigenvalue weighted by atomic mass is 19.1. The minimum absolute atomic E-state index is 0.154. The van der Waals surface area contributed by atoms with E-state index in [1.54, 1.807) is 0 Å². The van der Waals surface area contributed by atoms with Gasteiger partial charge in [0.05, 0.1) is 6.07 Å². The van der Waals surface area contributed by atoms with Crippen LogP contribution in [-0.2, 0) is 0 Å². The van der Waals surface area contributed by atoms with Crippen molar-refractivity contribution in [2.45, 2.75) is 38.0 Å². The summed E-state index contributed by atoms with van der Waals surface area (Å²) in [5.74, 6) is -0.358. The Morgan fingerprint density at radius 3 is 2.73 bits per heavy atom. The van der Waals surface area contributed by atoms with Crippen LogP contribution in [0.3, 0.4) is 0 Å². The normalized spacial score (nSPS) is 38.1. The van der Waals surface area contributed by atoms with Gasteiger partial charge in [-0.3, -0.25) is 0 Å². The standard InChI is InChI=1S/C8H11F2N/c9-7-1-2-8(10)6(5-7)3-4-11/h6-8H,1-3,5H2. The second-order valence-corrected chi connectivity index (χ2v) is 3.05. The molecule has 3 atom stereocenters. The third-order valence-corrected chi connectivity index (χ3v) is 2.18. The molecular formula is C8H11F2N. The molecule has 0 saturated heterocycles. The molecule has 0 aromatic carbocycles. The summed E-state index contributed by atoms with van der Waals surface area (Å²) < 4.78 is 25.5. The fourth-order valence-electron chi connectivity index (χ4n) is 1.50. The number of halogens is 2. The number of alkyl halides is 2. The average molecular weight is 159 g/mol. The molecule has 1 nitrogen and oxygen atoms in total. The van der Waals surface area contributed by atoms with Crippen molar-refractivity contribution in [3.8, 4) is 6.07 Å². The molecule has 0 aromatic rings. The van der Waals surface area contributed by atoms with Gasteiger partial charge in [-0.15, -0.1) is 0 Å². The Hall–Kier alpha value is -0.650. The maximum Gasteiger partial charge on any atom is 0.104 e. The van der Waals surface area contributed by atoms with Crippen LogP contribution in [0.4, 0.5) is 8.78 Å². The first kappa shape index (κ1) is 8.45. The number of hydrogen-bond donors (Lipinski definition) is 0. The predicted molar refractivity (Wildman–Crippen MR) is 37.4 cm³/mol. The van der Waals surface area contributed by atoms with Gasteiger partial charge in [-0.25, -0.2) is 8.78 Å². The molecule has 0 amide bonds. The van der Waals surface area contributed by atoms with E-state index < -0.39 is 12.3 Å². The van der Waals surface area contributed by atoms with Gasteiger partial charge < -0.3 is 0 Å². The van der Waals surface area contributed by atoms with Gasteiger partial charge in [0.1, 0.15) is 12.3 Å². The van der Waals surface area contributed by atoms with E-state index in [0.717, 1.165) is 0 Å². The summed E-state index contributed by atoms with van der Waals surface area (Å²) in [6, 6.07) is 1.88. The molecule has 1 saturated carbocycles. The van der Waals surface area contributed by atoms with E-state index in [0.29, 0.717) is 6.42 Å². The predicted octanol–water partition coefficient (Wildman–Crippen LogP) is 2.38. The van der Waals surface area contributed by atoms with Crippen molar-refractivity contribution >= 4 is 0 Å². The summed E-state index contributed by atoms with van der Waals surface area (Å²) in [5.41, 5.74) is 0. The first-order valence-electron chi connectivity index (χ1n) is 3.89. The Kier molecular flexibility index (Phi) is 2.81. The lowest BCUT2D eigenvalue weighted by molar-refractivity contribution is 0.106. The number of hydrogen-bond acceptors (Lipinski definition) is 1. The Balaban J connectivity index is 2.42. The van der Waals surface area contributed by atoms with E-state index in [2.05, 4.69) is 0 Å². The van der Waals surface area contributed by atoms with Gasteiger partial charge in [-0.05, 0) is 19.3 Å². The third kappa shape index (κ3) is 2.14. The molecule has 0 bridgehead atoms. The SMILES string of the molecule is N#CCC1CC(F)CCC1F. The highest BCUT2D eigenvalue weighted by Crippen LogP contribution is 2.30. The number of rotatable bonds is 1. The van der Waals surface area contributed by atoms with Crippen LogP contribution in [0, 0.1) is 17.2 Å². The fourth-order valence-corrected chi connectivity index (χ4v) is 1.50. The zero-order valence-electron chi connectivity index (χ0n) is 6.26. The van der Waals surface area contributed by atoms with Gasteiger partial charge in [-0.1, -0.05) is 0 Å². The third-order valence-electron chi connectivity index (χ3n) is 2.18. The van der Waals surface area contributed by atoms with E-state index in [4.69, 9.17) is 5.26 Å².